The number of urea groups is 1. The number of hydrogen-bond acceptors (Lipinski definition) is 5. The van der Waals surface area contributed by atoms with Gasteiger partial charge in [-0.2, -0.15) is 0 Å². The molecular formula is C19H23N3O4S. The molecule has 0 aliphatic carbocycles. The van der Waals surface area contributed by atoms with Crippen LogP contribution in [-0.4, -0.2) is 57.2 Å². The van der Waals surface area contributed by atoms with E-state index in [0.717, 1.165) is 12.1 Å². The Morgan fingerprint density at radius 1 is 1.19 bits per heavy atom. The van der Waals surface area contributed by atoms with E-state index in [9.17, 15) is 9.59 Å². The molecule has 0 atom stereocenters. The van der Waals surface area contributed by atoms with Crippen molar-refractivity contribution < 1.29 is 19.1 Å². The molecule has 0 spiro atoms. The molecule has 27 heavy (non-hydrogen) atoms. The molecule has 0 bridgehead atoms. The molecule has 1 saturated heterocycles. The highest BCUT2D eigenvalue weighted by molar-refractivity contribution is 7.09. The molecule has 2 aromatic rings. The van der Waals surface area contributed by atoms with E-state index >= 15 is 0 Å². The van der Waals surface area contributed by atoms with Gasteiger partial charge in [-0.1, -0.05) is 6.07 Å². The lowest BCUT2D eigenvalue weighted by molar-refractivity contribution is -0.121. The number of methoxy groups -OCH3 is 2. The smallest absolute Gasteiger partial charge is 0.325 e. The number of anilines is 1. The van der Waals surface area contributed by atoms with Gasteiger partial charge in [-0.15, -0.1) is 11.3 Å². The summed E-state index contributed by atoms with van der Waals surface area (Å²) >= 11 is 1.67. The second-order valence-corrected chi connectivity index (χ2v) is 7.11. The van der Waals surface area contributed by atoms with Crippen LogP contribution in [0.5, 0.6) is 11.5 Å². The number of rotatable bonds is 8. The van der Waals surface area contributed by atoms with Crippen LogP contribution in [0.25, 0.3) is 0 Å². The van der Waals surface area contributed by atoms with E-state index in [1.807, 2.05) is 23.6 Å². The molecule has 144 valence electrons. The minimum absolute atomic E-state index is 0.0626. The third-order valence-corrected chi connectivity index (χ3v) is 5.32. The van der Waals surface area contributed by atoms with Gasteiger partial charge >= 0.3 is 6.03 Å². The number of amides is 3. The van der Waals surface area contributed by atoms with Gasteiger partial charge in [0.2, 0.25) is 5.91 Å². The van der Waals surface area contributed by atoms with E-state index in [0.29, 0.717) is 31.1 Å². The molecular weight excluding hydrogens is 366 g/mol. The monoisotopic (exact) mass is 389 g/mol. The second kappa shape index (κ2) is 8.77. The van der Waals surface area contributed by atoms with Crippen LogP contribution in [0, 0.1) is 0 Å². The van der Waals surface area contributed by atoms with Crippen molar-refractivity contribution >= 4 is 29.0 Å². The fourth-order valence-electron chi connectivity index (χ4n) is 2.97. The highest BCUT2D eigenvalue weighted by Crippen LogP contribution is 2.32. The maximum Gasteiger partial charge on any atom is 0.325 e. The quantitative estimate of drug-likeness (QED) is 0.752. The highest BCUT2D eigenvalue weighted by Gasteiger charge is 2.31. The number of carbonyl (C=O) groups excluding carboxylic acids is 2. The molecule has 3 amide bonds. The Morgan fingerprint density at radius 2 is 2.00 bits per heavy atom. The molecule has 1 aromatic carbocycles. The summed E-state index contributed by atoms with van der Waals surface area (Å²) in [6.07, 6.45) is 0.801. The summed E-state index contributed by atoms with van der Waals surface area (Å²) in [7, 11) is 3.12. The van der Waals surface area contributed by atoms with E-state index < -0.39 is 0 Å². The van der Waals surface area contributed by atoms with Crippen LogP contribution in [0.2, 0.25) is 0 Å². The molecule has 3 rings (SSSR count). The van der Waals surface area contributed by atoms with Crippen molar-refractivity contribution in [2.45, 2.75) is 6.42 Å². The van der Waals surface area contributed by atoms with Crippen LogP contribution >= 0.6 is 11.3 Å². The van der Waals surface area contributed by atoms with Gasteiger partial charge in [0.1, 0.15) is 6.54 Å². The summed E-state index contributed by atoms with van der Waals surface area (Å²) in [6, 6.07) is 9.19. The van der Waals surface area contributed by atoms with Crippen molar-refractivity contribution in [3.05, 3.63) is 40.6 Å². The molecule has 2 heterocycles. The standard InChI is InChI=1S/C19H23N3O4S/c1-25-16-6-5-14(12-17(16)26-2)22-10-9-21(19(22)24)13-18(23)20-8-7-15-4-3-11-27-15/h3-6,11-12H,7-10,13H2,1-2H3,(H,20,23). The number of thiophene rings is 1. The normalized spacial score (nSPS) is 13.8. The van der Waals surface area contributed by atoms with Crippen molar-refractivity contribution in [3.8, 4) is 11.5 Å². The van der Waals surface area contributed by atoms with Crippen LogP contribution in [0.3, 0.4) is 0 Å². The fourth-order valence-corrected chi connectivity index (χ4v) is 3.68. The Bertz CT molecular complexity index is 794. The topological polar surface area (TPSA) is 71.1 Å². The van der Waals surface area contributed by atoms with Crippen molar-refractivity contribution in [3.63, 3.8) is 0 Å². The molecule has 0 unspecified atom stereocenters. The third-order valence-electron chi connectivity index (χ3n) is 4.38. The number of carbonyl (C=O) groups is 2. The summed E-state index contributed by atoms with van der Waals surface area (Å²) in [6.45, 7) is 1.66. The van der Waals surface area contributed by atoms with Crippen LogP contribution in [0.4, 0.5) is 10.5 Å². The zero-order chi connectivity index (χ0) is 19.2. The van der Waals surface area contributed by atoms with Crippen molar-refractivity contribution in [2.24, 2.45) is 0 Å². The van der Waals surface area contributed by atoms with E-state index in [-0.39, 0.29) is 18.5 Å². The second-order valence-electron chi connectivity index (χ2n) is 6.07. The third kappa shape index (κ3) is 4.51. The number of benzene rings is 1. The van der Waals surface area contributed by atoms with E-state index in [4.69, 9.17) is 9.47 Å². The first-order valence-electron chi connectivity index (χ1n) is 8.70. The first-order chi connectivity index (χ1) is 13.1. The summed E-state index contributed by atoms with van der Waals surface area (Å²) in [5.41, 5.74) is 0.721. The Kier molecular flexibility index (Phi) is 6.18. The summed E-state index contributed by atoms with van der Waals surface area (Å²) in [5, 5.41) is 4.89. The number of ether oxygens (including phenoxy) is 2. The van der Waals surface area contributed by atoms with Gasteiger partial charge < -0.3 is 19.7 Å². The lowest BCUT2D eigenvalue weighted by Crippen LogP contribution is -2.40. The SMILES string of the molecule is COc1ccc(N2CCN(CC(=O)NCCc3cccs3)C2=O)cc1OC. The van der Waals surface area contributed by atoms with Crippen molar-refractivity contribution in [2.75, 3.05) is 45.3 Å². The molecule has 1 aliphatic rings. The first kappa shape index (κ1) is 19.0. The van der Waals surface area contributed by atoms with E-state index in [2.05, 4.69) is 5.32 Å². The summed E-state index contributed by atoms with van der Waals surface area (Å²) < 4.78 is 10.5. The van der Waals surface area contributed by atoms with Gasteiger partial charge in [-0.25, -0.2) is 4.79 Å². The average molecular weight is 389 g/mol. The van der Waals surface area contributed by atoms with Crippen LogP contribution in [0.1, 0.15) is 4.88 Å². The zero-order valence-corrected chi connectivity index (χ0v) is 16.3. The molecule has 0 radical (unpaired) electrons. The first-order valence-corrected chi connectivity index (χ1v) is 9.58. The van der Waals surface area contributed by atoms with Crippen molar-refractivity contribution in [1.82, 2.24) is 10.2 Å². The maximum atomic E-state index is 12.7. The van der Waals surface area contributed by atoms with Crippen LogP contribution in [-0.2, 0) is 11.2 Å². The van der Waals surface area contributed by atoms with Crippen LogP contribution < -0.4 is 19.7 Å². The highest BCUT2D eigenvalue weighted by atomic mass is 32.1. The molecule has 1 aliphatic heterocycles. The van der Waals surface area contributed by atoms with Gasteiger partial charge in [0, 0.05) is 36.3 Å². The largest absolute Gasteiger partial charge is 0.493 e. The lowest BCUT2D eigenvalue weighted by Gasteiger charge is -2.19. The molecule has 1 fully saturated rings. The Hall–Kier alpha value is -2.74. The lowest BCUT2D eigenvalue weighted by atomic mass is 10.2. The van der Waals surface area contributed by atoms with Crippen LogP contribution in [0.15, 0.2) is 35.7 Å². The molecule has 8 heteroatoms. The van der Waals surface area contributed by atoms with E-state index in [1.165, 1.54) is 4.88 Å². The Morgan fingerprint density at radius 3 is 2.70 bits per heavy atom. The Balaban J connectivity index is 1.54. The number of hydrogen-bond donors (Lipinski definition) is 1. The van der Waals surface area contributed by atoms with Gasteiger partial charge in [-0.05, 0) is 30.0 Å². The minimum atomic E-state index is -0.185. The molecule has 1 N–H and O–H groups in total. The predicted molar refractivity (Wildman–Crippen MR) is 105 cm³/mol. The summed E-state index contributed by atoms with van der Waals surface area (Å²) in [5.74, 6) is 1.02. The predicted octanol–water partition coefficient (Wildman–Crippen LogP) is 2.37. The Labute approximate surface area is 162 Å². The zero-order valence-electron chi connectivity index (χ0n) is 15.4. The van der Waals surface area contributed by atoms with Gasteiger partial charge in [-0.3, -0.25) is 9.69 Å². The van der Waals surface area contributed by atoms with Crippen molar-refractivity contribution in [1.29, 1.82) is 0 Å². The molecule has 7 nitrogen and oxygen atoms in total. The number of nitrogens with one attached hydrogen (secondary N) is 1. The van der Waals surface area contributed by atoms with Gasteiger partial charge in [0.05, 0.1) is 14.2 Å². The van der Waals surface area contributed by atoms with Gasteiger partial charge in [0.15, 0.2) is 11.5 Å². The minimum Gasteiger partial charge on any atom is -0.493 e. The fraction of sp³-hybridized carbons (Fsp3) is 0.368. The molecule has 1 aromatic heterocycles. The van der Waals surface area contributed by atoms with E-state index in [1.54, 1.807) is 47.5 Å². The summed E-state index contributed by atoms with van der Waals surface area (Å²) in [4.78, 5) is 29.2. The van der Waals surface area contributed by atoms with Gasteiger partial charge in [0.25, 0.3) is 0 Å². The average Bonchev–Trinajstić information content (AvgIpc) is 3.32. The number of nitrogens with zero attached hydrogens (tertiary/aromatic N) is 2. The molecule has 0 saturated carbocycles. The maximum absolute atomic E-state index is 12.7.